The Hall–Kier alpha value is -2.57. The van der Waals surface area contributed by atoms with Crippen molar-refractivity contribution in [3.05, 3.63) is 91.8 Å². The predicted molar refractivity (Wildman–Crippen MR) is 119 cm³/mol. The number of methoxy groups -OCH3 is 1. The lowest BCUT2D eigenvalue weighted by atomic mass is 10.1. The first-order valence-electron chi connectivity index (χ1n) is 9.02. The van der Waals surface area contributed by atoms with Gasteiger partial charge >= 0.3 is 0 Å². The van der Waals surface area contributed by atoms with Crippen molar-refractivity contribution in [3.8, 4) is 5.75 Å². The number of halogens is 2. The van der Waals surface area contributed by atoms with Gasteiger partial charge in [0.25, 0.3) is 5.56 Å². The van der Waals surface area contributed by atoms with E-state index in [-0.39, 0.29) is 11.5 Å². The highest BCUT2D eigenvalue weighted by atomic mass is 79.9. The lowest BCUT2D eigenvalue weighted by Crippen LogP contribution is -2.21. The monoisotopic (exact) mass is 474 g/mol. The van der Waals surface area contributed by atoms with Crippen LogP contribution in [0, 0.1) is 0 Å². The van der Waals surface area contributed by atoms with Gasteiger partial charge in [-0.05, 0) is 57.7 Å². The molecule has 2 aromatic carbocycles. The third-order valence-corrected chi connectivity index (χ3v) is 5.41. The molecule has 1 heterocycles. The minimum atomic E-state index is -0.161. The molecule has 0 saturated carbocycles. The predicted octanol–water partition coefficient (Wildman–Crippen LogP) is 4.89. The van der Waals surface area contributed by atoms with E-state index in [0.29, 0.717) is 30.1 Å². The number of ether oxygens (including phenoxy) is 1. The molecule has 0 aliphatic heterocycles. The van der Waals surface area contributed by atoms with E-state index < -0.39 is 0 Å². The van der Waals surface area contributed by atoms with Crippen LogP contribution in [-0.4, -0.2) is 17.6 Å². The van der Waals surface area contributed by atoms with Crippen molar-refractivity contribution in [1.82, 2.24) is 4.57 Å². The smallest absolute Gasteiger partial charge is 0.250 e. The Balaban J connectivity index is 1.64. The number of carbonyl (C=O) groups is 1. The Morgan fingerprint density at radius 1 is 1.17 bits per heavy atom. The number of hydrogen-bond acceptors (Lipinski definition) is 3. The second kappa shape index (κ2) is 9.76. The maximum absolute atomic E-state index is 12.3. The Kier molecular flexibility index (Phi) is 7.12. The number of anilines is 1. The quantitative estimate of drug-likeness (QED) is 0.529. The number of aromatic nitrogens is 1. The molecule has 0 unspecified atom stereocenters. The van der Waals surface area contributed by atoms with Gasteiger partial charge in [0.15, 0.2) is 0 Å². The summed E-state index contributed by atoms with van der Waals surface area (Å²) >= 11 is 9.63. The van der Waals surface area contributed by atoms with Crippen molar-refractivity contribution in [2.45, 2.75) is 19.4 Å². The summed E-state index contributed by atoms with van der Waals surface area (Å²) in [4.78, 5) is 24.5. The fourth-order valence-electron chi connectivity index (χ4n) is 2.89. The van der Waals surface area contributed by atoms with Crippen LogP contribution in [0.4, 0.5) is 5.69 Å². The lowest BCUT2D eigenvalue weighted by molar-refractivity contribution is -0.116. The summed E-state index contributed by atoms with van der Waals surface area (Å²) in [6.07, 6.45) is 2.55. The molecule has 0 radical (unpaired) electrons. The number of aryl methyl sites for hydroxylation is 1. The van der Waals surface area contributed by atoms with Gasteiger partial charge in [0.05, 0.1) is 23.8 Å². The Morgan fingerprint density at radius 2 is 1.97 bits per heavy atom. The molecular weight excluding hydrogens is 456 g/mol. The Labute approximate surface area is 182 Å². The number of nitrogens with zero attached hydrogens (tertiary/aromatic N) is 1. The number of hydrogen-bond donors (Lipinski definition) is 1. The molecule has 3 aromatic rings. The average Bonchev–Trinajstić information content (AvgIpc) is 2.70. The molecule has 29 heavy (non-hydrogen) atoms. The van der Waals surface area contributed by atoms with E-state index >= 15 is 0 Å². The van der Waals surface area contributed by atoms with Gasteiger partial charge in [-0.1, -0.05) is 35.9 Å². The summed E-state index contributed by atoms with van der Waals surface area (Å²) in [5, 5.41) is 3.45. The second-order valence-electron chi connectivity index (χ2n) is 6.49. The zero-order valence-corrected chi connectivity index (χ0v) is 18.2. The van der Waals surface area contributed by atoms with Gasteiger partial charge in [0, 0.05) is 23.7 Å². The third-order valence-electron chi connectivity index (χ3n) is 4.42. The van der Waals surface area contributed by atoms with Gasteiger partial charge in [-0.25, -0.2) is 0 Å². The first-order chi connectivity index (χ1) is 14.0. The van der Waals surface area contributed by atoms with Crippen LogP contribution in [0.5, 0.6) is 5.75 Å². The Morgan fingerprint density at radius 3 is 2.69 bits per heavy atom. The summed E-state index contributed by atoms with van der Waals surface area (Å²) in [7, 11) is 1.61. The molecule has 5 nitrogen and oxygen atoms in total. The molecule has 0 bridgehead atoms. The zero-order chi connectivity index (χ0) is 20.8. The normalized spacial score (nSPS) is 10.6. The van der Waals surface area contributed by atoms with Crippen LogP contribution in [0.25, 0.3) is 0 Å². The highest BCUT2D eigenvalue weighted by Crippen LogP contribution is 2.26. The average molecular weight is 476 g/mol. The summed E-state index contributed by atoms with van der Waals surface area (Å²) in [6.45, 7) is 0.335. The summed E-state index contributed by atoms with van der Waals surface area (Å²) in [5.74, 6) is 0.624. The molecule has 0 aliphatic rings. The lowest BCUT2D eigenvalue weighted by Gasteiger charge is -2.11. The van der Waals surface area contributed by atoms with Gasteiger partial charge in [-0.3, -0.25) is 9.59 Å². The van der Waals surface area contributed by atoms with Gasteiger partial charge in [0.1, 0.15) is 5.75 Å². The molecule has 1 aromatic heterocycles. The number of benzene rings is 2. The van der Waals surface area contributed by atoms with Crippen LogP contribution in [0.15, 0.2) is 70.1 Å². The van der Waals surface area contributed by atoms with E-state index in [4.69, 9.17) is 16.3 Å². The zero-order valence-electron chi connectivity index (χ0n) is 15.8. The molecule has 1 N–H and O–H groups in total. The molecule has 150 valence electrons. The van der Waals surface area contributed by atoms with E-state index in [1.54, 1.807) is 25.4 Å². The van der Waals surface area contributed by atoms with Gasteiger partial charge in [-0.15, -0.1) is 0 Å². The van der Waals surface area contributed by atoms with Crippen molar-refractivity contribution in [2.75, 3.05) is 12.4 Å². The van der Waals surface area contributed by atoms with E-state index in [1.165, 1.54) is 10.6 Å². The van der Waals surface area contributed by atoms with Crippen molar-refractivity contribution < 1.29 is 9.53 Å². The maximum Gasteiger partial charge on any atom is 0.250 e. The number of nitrogens with one attached hydrogen (secondary N) is 1. The van der Waals surface area contributed by atoms with Crippen LogP contribution < -0.4 is 15.6 Å². The molecule has 0 atom stereocenters. The van der Waals surface area contributed by atoms with E-state index in [1.807, 2.05) is 36.4 Å². The van der Waals surface area contributed by atoms with Crippen LogP contribution >= 0.6 is 27.5 Å². The van der Waals surface area contributed by atoms with Crippen molar-refractivity contribution in [1.29, 1.82) is 0 Å². The molecule has 0 spiro atoms. The van der Waals surface area contributed by atoms with Crippen LogP contribution in [-0.2, 0) is 17.8 Å². The molecule has 0 fully saturated rings. The van der Waals surface area contributed by atoms with Crippen molar-refractivity contribution in [3.63, 3.8) is 0 Å². The van der Waals surface area contributed by atoms with E-state index in [2.05, 4.69) is 21.2 Å². The highest BCUT2D eigenvalue weighted by molar-refractivity contribution is 9.10. The standard InChI is InChI=1S/C22H20BrClN2O3/c1-29-20-9-6-15(12-18(20)23)7-10-21(27)25-17-8-11-22(28)26(14-17)13-16-4-2-3-5-19(16)24/h2-6,8-9,11-12,14H,7,10,13H2,1H3,(H,25,27). The fraction of sp³-hybridized carbons (Fsp3) is 0.182. The Bertz CT molecular complexity index is 1080. The first-order valence-corrected chi connectivity index (χ1v) is 10.2. The van der Waals surface area contributed by atoms with Gasteiger partial charge in [0.2, 0.25) is 5.91 Å². The minimum absolute atomic E-state index is 0.125. The van der Waals surface area contributed by atoms with E-state index in [9.17, 15) is 9.59 Å². The van der Waals surface area contributed by atoms with Crippen molar-refractivity contribution >= 4 is 39.1 Å². The molecule has 7 heteroatoms. The maximum atomic E-state index is 12.3. The highest BCUT2D eigenvalue weighted by Gasteiger charge is 2.08. The van der Waals surface area contributed by atoms with Gasteiger partial charge in [-0.2, -0.15) is 0 Å². The number of amides is 1. The summed E-state index contributed by atoms with van der Waals surface area (Å²) in [5.41, 5.74) is 2.27. The number of pyridine rings is 1. The van der Waals surface area contributed by atoms with Gasteiger partial charge < -0.3 is 14.6 Å². The largest absolute Gasteiger partial charge is 0.496 e. The number of carbonyl (C=O) groups excluding carboxylic acids is 1. The number of rotatable bonds is 7. The summed E-state index contributed by atoms with van der Waals surface area (Å²) < 4.78 is 7.59. The molecule has 3 rings (SSSR count). The van der Waals surface area contributed by atoms with E-state index in [0.717, 1.165) is 21.3 Å². The SMILES string of the molecule is COc1ccc(CCC(=O)Nc2ccc(=O)n(Cc3ccccc3Cl)c2)cc1Br. The molecule has 0 aliphatic carbocycles. The van der Waals surface area contributed by atoms with Crippen LogP contribution in [0.2, 0.25) is 5.02 Å². The first kappa shape index (κ1) is 21.1. The second-order valence-corrected chi connectivity index (χ2v) is 7.75. The minimum Gasteiger partial charge on any atom is -0.496 e. The molecule has 1 amide bonds. The summed E-state index contributed by atoms with van der Waals surface area (Å²) in [6, 6.07) is 16.1. The molecular formula is C22H20BrClN2O3. The molecule has 0 saturated heterocycles. The van der Waals surface area contributed by atoms with Crippen molar-refractivity contribution in [2.24, 2.45) is 0 Å². The van der Waals surface area contributed by atoms with Crippen LogP contribution in [0.3, 0.4) is 0 Å². The van der Waals surface area contributed by atoms with Crippen LogP contribution in [0.1, 0.15) is 17.5 Å². The topological polar surface area (TPSA) is 60.3 Å². The third kappa shape index (κ3) is 5.71. The fourth-order valence-corrected chi connectivity index (χ4v) is 3.67.